The van der Waals surface area contributed by atoms with Gasteiger partial charge in [-0.1, -0.05) is 43.3 Å². The number of pyridine rings is 1. The Balaban J connectivity index is 1.35. The van der Waals surface area contributed by atoms with Crippen LogP contribution < -0.4 is 10.2 Å². The van der Waals surface area contributed by atoms with Crippen LogP contribution in [-0.4, -0.2) is 47.3 Å². The molecule has 2 aromatic heterocycles. The Morgan fingerprint density at radius 3 is 2.68 bits per heavy atom. The molecule has 0 aliphatic carbocycles. The van der Waals surface area contributed by atoms with Crippen molar-refractivity contribution in [3.8, 4) is 11.4 Å². The molecule has 1 amide bonds. The van der Waals surface area contributed by atoms with Crippen LogP contribution in [0.2, 0.25) is 0 Å². The maximum Gasteiger partial charge on any atom is 0.227 e. The van der Waals surface area contributed by atoms with E-state index in [0.29, 0.717) is 43.0 Å². The molecule has 162 valence electrons. The Morgan fingerprint density at radius 1 is 1.16 bits per heavy atom. The van der Waals surface area contributed by atoms with E-state index in [0.717, 1.165) is 24.5 Å². The predicted molar refractivity (Wildman–Crippen MR) is 118 cm³/mol. The van der Waals surface area contributed by atoms with Crippen molar-refractivity contribution >= 4 is 17.4 Å². The third-order valence-corrected chi connectivity index (χ3v) is 5.24. The van der Waals surface area contributed by atoms with Crippen LogP contribution in [0.5, 0.6) is 0 Å². The van der Waals surface area contributed by atoms with Gasteiger partial charge in [0, 0.05) is 37.7 Å². The second-order valence-corrected chi connectivity index (χ2v) is 7.81. The fourth-order valence-corrected chi connectivity index (χ4v) is 3.45. The summed E-state index contributed by atoms with van der Waals surface area (Å²) in [4.78, 5) is 23.5. The third-order valence-electron chi connectivity index (χ3n) is 5.24. The van der Waals surface area contributed by atoms with Crippen LogP contribution in [0.25, 0.3) is 11.4 Å². The summed E-state index contributed by atoms with van der Waals surface area (Å²) in [5.41, 5.74) is 2.86. The number of morpholine rings is 1. The quantitative estimate of drug-likeness (QED) is 0.622. The maximum atomic E-state index is 12.5. The molecule has 8 nitrogen and oxygen atoms in total. The first kappa shape index (κ1) is 21.0. The van der Waals surface area contributed by atoms with Crippen LogP contribution in [0.1, 0.15) is 37.6 Å². The molecule has 1 N–H and O–H groups in total. The summed E-state index contributed by atoms with van der Waals surface area (Å²) in [5, 5.41) is 7.01. The van der Waals surface area contributed by atoms with Crippen molar-refractivity contribution in [3.63, 3.8) is 0 Å². The minimum Gasteiger partial charge on any atom is -0.378 e. The van der Waals surface area contributed by atoms with E-state index in [9.17, 15) is 4.79 Å². The van der Waals surface area contributed by atoms with E-state index in [4.69, 9.17) is 9.26 Å². The SMILES string of the molecule is CC(C)c1ccc(-c2noc(CCC(=O)Nc3cccnc3N3CCOCC3)n2)cc1. The first-order valence-electron chi connectivity index (χ1n) is 10.6. The molecule has 4 rings (SSSR count). The molecule has 0 bridgehead atoms. The van der Waals surface area contributed by atoms with Crippen molar-refractivity contribution in [2.45, 2.75) is 32.6 Å². The van der Waals surface area contributed by atoms with Gasteiger partial charge in [-0.25, -0.2) is 4.98 Å². The normalized spacial score (nSPS) is 14.1. The molecule has 0 spiro atoms. The van der Waals surface area contributed by atoms with Crippen molar-refractivity contribution in [1.82, 2.24) is 15.1 Å². The summed E-state index contributed by atoms with van der Waals surface area (Å²) in [6, 6.07) is 11.8. The third kappa shape index (κ3) is 5.27. The first-order chi connectivity index (χ1) is 15.1. The Bertz CT molecular complexity index is 1010. The lowest BCUT2D eigenvalue weighted by molar-refractivity contribution is -0.116. The highest BCUT2D eigenvalue weighted by Crippen LogP contribution is 2.24. The van der Waals surface area contributed by atoms with Crippen LogP contribution >= 0.6 is 0 Å². The van der Waals surface area contributed by atoms with E-state index in [1.54, 1.807) is 6.20 Å². The number of hydrogen-bond donors (Lipinski definition) is 1. The maximum absolute atomic E-state index is 12.5. The van der Waals surface area contributed by atoms with Gasteiger partial charge in [-0.15, -0.1) is 0 Å². The molecule has 1 saturated heterocycles. The number of ether oxygens (including phenoxy) is 1. The van der Waals surface area contributed by atoms with E-state index in [1.165, 1.54) is 5.56 Å². The lowest BCUT2D eigenvalue weighted by atomic mass is 10.0. The molecule has 1 aliphatic rings. The zero-order valence-electron chi connectivity index (χ0n) is 17.9. The van der Waals surface area contributed by atoms with Gasteiger partial charge in [0.05, 0.1) is 18.9 Å². The minimum atomic E-state index is -0.122. The molecule has 1 aliphatic heterocycles. The van der Waals surface area contributed by atoms with E-state index >= 15 is 0 Å². The average Bonchev–Trinajstić information content (AvgIpc) is 3.28. The number of benzene rings is 1. The number of nitrogens with zero attached hydrogens (tertiary/aromatic N) is 4. The summed E-state index contributed by atoms with van der Waals surface area (Å²) in [5.74, 6) is 2.09. The number of nitrogens with one attached hydrogen (secondary N) is 1. The predicted octanol–water partition coefficient (Wildman–Crippen LogP) is 3.66. The second-order valence-electron chi connectivity index (χ2n) is 7.81. The number of hydrogen-bond acceptors (Lipinski definition) is 7. The first-order valence-corrected chi connectivity index (χ1v) is 10.6. The van der Waals surface area contributed by atoms with Gasteiger partial charge in [0.2, 0.25) is 17.6 Å². The van der Waals surface area contributed by atoms with Crippen LogP contribution in [0.3, 0.4) is 0 Å². The largest absolute Gasteiger partial charge is 0.378 e. The van der Waals surface area contributed by atoms with Gasteiger partial charge < -0.3 is 19.5 Å². The van der Waals surface area contributed by atoms with Crippen molar-refractivity contribution < 1.29 is 14.1 Å². The lowest BCUT2D eigenvalue weighted by Crippen LogP contribution is -2.37. The van der Waals surface area contributed by atoms with Crippen molar-refractivity contribution in [2.75, 3.05) is 36.5 Å². The zero-order valence-corrected chi connectivity index (χ0v) is 17.9. The van der Waals surface area contributed by atoms with Gasteiger partial charge in [0.25, 0.3) is 0 Å². The van der Waals surface area contributed by atoms with Crippen molar-refractivity contribution in [3.05, 3.63) is 54.0 Å². The van der Waals surface area contributed by atoms with Crippen LogP contribution in [0, 0.1) is 0 Å². The lowest BCUT2D eigenvalue weighted by Gasteiger charge is -2.29. The molecular formula is C23H27N5O3. The molecule has 0 atom stereocenters. The number of rotatable bonds is 7. The van der Waals surface area contributed by atoms with E-state index in [-0.39, 0.29) is 12.3 Å². The summed E-state index contributed by atoms with van der Waals surface area (Å²) < 4.78 is 10.7. The van der Waals surface area contributed by atoms with Crippen LogP contribution in [0.4, 0.5) is 11.5 Å². The Hall–Kier alpha value is -3.26. The summed E-state index contributed by atoms with van der Waals surface area (Å²) in [6.07, 6.45) is 2.34. The molecule has 0 radical (unpaired) electrons. The van der Waals surface area contributed by atoms with Gasteiger partial charge in [-0.2, -0.15) is 4.98 Å². The van der Waals surface area contributed by atoms with Gasteiger partial charge in [-0.05, 0) is 23.6 Å². The zero-order chi connectivity index (χ0) is 21.6. The Labute approximate surface area is 181 Å². The van der Waals surface area contributed by atoms with E-state index < -0.39 is 0 Å². The fourth-order valence-electron chi connectivity index (χ4n) is 3.45. The minimum absolute atomic E-state index is 0.122. The standard InChI is InChI=1S/C23H27N5O3/c1-16(2)17-5-7-18(8-6-17)22-26-21(31-27-22)10-9-20(29)25-19-4-3-11-24-23(19)28-12-14-30-15-13-28/h3-8,11,16H,9-10,12-15H2,1-2H3,(H,25,29). The molecule has 1 aromatic carbocycles. The molecular weight excluding hydrogens is 394 g/mol. The molecule has 0 saturated carbocycles. The Morgan fingerprint density at radius 2 is 1.94 bits per heavy atom. The second kappa shape index (κ2) is 9.70. The van der Waals surface area contributed by atoms with Crippen molar-refractivity contribution in [2.24, 2.45) is 0 Å². The van der Waals surface area contributed by atoms with Crippen molar-refractivity contribution in [1.29, 1.82) is 0 Å². The smallest absolute Gasteiger partial charge is 0.227 e. The summed E-state index contributed by atoms with van der Waals surface area (Å²) >= 11 is 0. The number of aryl methyl sites for hydroxylation is 1. The number of carbonyl (C=O) groups excluding carboxylic acids is 1. The van der Waals surface area contributed by atoms with Gasteiger partial charge >= 0.3 is 0 Å². The molecule has 3 aromatic rings. The van der Waals surface area contributed by atoms with E-state index in [1.807, 2.05) is 24.3 Å². The Kier molecular flexibility index (Phi) is 6.57. The molecule has 3 heterocycles. The monoisotopic (exact) mass is 421 g/mol. The summed E-state index contributed by atoms with van der Waals surface area (Å²) in [7, 11) is 0. The highest BCUT2D eigenvalue weighted by molar-refractivity contribution is 5.93. The van der Waals surface area contributed by atoms with Crippen LogP contribution in [-0.2, 0) is 16.0 Å². The average molecular weight is 422 g/mol. The van der Waals surface area contributed by atoms with Gasteiger partial charge in [-0.3, -0.25) is 4.79 Å². The topological polar surface area (TPSA) is 93.4 Å². The van der Waals surface area contributed by atoms with Crippen LogP contribution in [0.15, 0.2) is 47.1 Å². The van der Waals surface area contributed by atoms with E-state index in [2.05, 4.69) is 51.3 Å². The molecule has 0 unspecified atom stereocenters. The highest BCUT2D eigenvalue weighted by Gasteiger charge is 2.18. The highest BCUT2D eigenvalue weighted by atomic mass is 16.5. The van der Waals surface area contributed by atoms with Gasteiger partial charge in [0.15, 0.2) is 5.82 Å². The molecule has 8 heteroatoms. The molecule has 1 fully saturated rings. The number of carbonyl (C=O) groups is 1. The number of amides is 1. The fraction of sp³-hybridized carbons (Fsp3) is 0.391. The number of aromatic nitrogens is 3. The van der Waals surface area contributed by atoms with Gasteiger partial charge in [0.1, 0.15) is 0 Å². The summed E-state index contributed by atoms with van der Waals surface area (Å²) in [6.45, 7) is 7.13. The molecule has 31 heavy (non-hydrogen) atoms. The number of anilines is 2.